The lowest BCUT2D eigenvalue weighted by Crippen LogP contribution is -2.51. The van der Waals surface area contributed by atoms with Gasteiger partial charge in [-0.3, -0.25) is 4.18 Å². The summed E-state index contributed by atoms with van der Waals surface area (Å²) >= 11 is 0. The first-order valence-electron chi connectivity index (χ1n) is 8.86. The average molecular weight is 334 g/mol. The molecule has 23 heavy (non-hydrogen) atoms. The fourth-order valence-electron chi connectivity index (χ4n) is 5.79. The van der Waals surface area contributed by atoms with Crippen LogP contribution < -0.4 is 0 Å². The van der Waals surface area contributed by atoms with Gasteiger partial charge < -0.3 is 0 Å². The van der Waals surface area contributed by atoms with E-state index >= 15 is 0 Å². The van der Waals surface area contributed by atoms with Crippen LogP contribution in [0.1, 0.15) is 51.0 Å². The van der Waals surface area contributed by atoms with Crippen molar-refractivity contribution in [2.24, 2.45) is 23.2 Å². The number of rotatable bonds is 4. The fourth-order valence-corrected chi connectivity index (χ4v) is 7.06. The highest BCUT2D eigenvalue weighted by atomic mass is 32.2. The molecule has 0 N–H and O–H groups in total. The molecule has 4 saturated carbocycles. The summed E-state index contributed by atoms with van der Waals surface area (Å²) in [5, 5.41) is 0. The summed E-state index contributed by atoms with van der Waals surface area (Å²) in [5.74, 6) is 2.40. The van der Waals surface area contributed by atoms with E-state index in [0.717, 1.165) is 42.6 Å². The Bertz CT molecular complexity index is 672. The maximum Gasteiger partial charge on any atom is 0.297 e. The molecule has 0 amide bonds. The summed E-state index contributed by atoms with van der Waals surface area (Å²) in [6, 6.07) is 7.01. The fraction of sp³-hybridized carbons (Fsp3) is 0.684. The van der Waals surface area contributed by atoms with Crippen molar-refractivity contribution in [1.82, 2.24) is 0 Å². The van der Waals surface area contributed by atoms with Gasteiger partial charge >= 0.3 is 0 Å². The molecule has 1 atom stereocenters. The maximum absolute atomic E-state index is 12.7. The van der Waals surface area contributed by atoms with Gasteiger partial charge in [-0.05, 0) is 93.2 Å². The lowest BCUT2D eigenvalue weighted by molar-refractivity contribution is -0.104. The van der Waals surface area contributed by atoms with Crippen molar-refractivity contribution in [1.29, 1.82) is 0 Å². The molecule has 0 aliphatic heterocycles. The summed E-state index contributed by atoms with van der Waals surface area (Å²) in [4.78, 5) is 0.286. The summed E-state index contributed by atoms with van der Waals surface area (Å²) < 4.78 is 31.1. The number of benzene rings is 1. The van der Waals surface area contributed by atoms with Crippen LogP contribution in [0.3, 0.4) is 0 Å². The minimum absolute atomic E-state index is 0.0889. The molecular formula is C19H26O3S. The molecular weight excluding hydrogens is 308 g/mol. The Hall–Kier alpha value is -0.870. The van der Waals surface area contributed by atoms with E-state index in [2.05, 4.69) is 0 Å². The van der Waals surface area contributed by atoms with Crippen LogP contribution in [0.25, 0.3) is 0 Å². The van der Waals surface area contributed by atoms with Crippen molar-refractivity contribution < 1.29 is 12.6 Å². The molecule has 4 aliphatic carbocycles. The topological polar surface area (TPSA) is 43.4 Å². The largest absolute Gasteiger partial charge is 0.297 e. The smallest absolute Gasteiger partial charge is 0.263 e. The van der Waals surface area contributed by atoms with Gasteiger partial charge in [0, 0.05) is 0 Å². The van der Waals surface area contributed by atoms with E-state index in [1.54, 1.807) is 18.2 Å². The third kappa shape index (κ3) is 2.74. The second kappa shape index (κ2) is 5.32. The van der Waals surface area contributed by atoms with Crippen LogP contribution in [0.2, 0.25) is 0 Å². The number of hydrogen-bond donors (Lipinski definition) is 0. The molecule has 5 rings (SSSR count). The normalized spacial score (nSPS) is 37.0. The Morgan fingerprint density at radius 2 is 1.65 bits per heavy atom. The highest BCUT2D eigenvalue weighted by Gasteiger charge is 2.54. The molecule has 4 heteroatoms. The van der Waals surface area contributed by atoms with Gasteiger partial charge in [0.1, 0.15) is 0 Å². The Labute approximate surface area is 139 Å². The van der Waals surface area contributed by atoms with E-state index in [-0.39, 0.29) is 16.4 Å². The zero-order chi connectivity index (χ0) is 16.2. The molecule has 0 radical (unpaired) electrons. The van der Waals surface area contributed by atoms with Crippen molar-refractivity contribution in [2.75, 3.05) is 0 Å². The summed E-state index contributed by atoms with van der Waals surface area (Å²) in [7, 11) is -3.68. The molecule has 0 spiro atoms. The molecule has 0 aromatic heterocycles. The van der Waals surface area contributed by atoms with E-state index in [1.165, 1.54) is 19.3 Å². The third-order valence-corrected chi connectivity index (χ3v) is 7.87. The molecule has 126 valence electrons. The summed E-state index contributed by atoms with van der Waals surface area (Å²) in [6.45, 7) is 3.89. The van der Waals surface area contributed by atoms with Gasteiger partial charge in [0.05, 0.1) is 11.0 Å². The van der Waals surface area contributed by atoms with Gasteiger partial charge in [-0.1, -0.05) is 12.1 Å². The van der Waals surface area contributed by atoms with Crippen molar-refractivity contribution in [3.63, 3.8) is 0 Å². The van der Waals surface area contributed by atoms with Gasteiger partial charge in [0.15, 0.2) is 0 Å². The van der Waals surface area contributed by atoms with E-state index in [4.69, 9.17) is 4.18 Å². The Morgan fingerprint density at radius 1 is 1.09 bits per heavy atom. The highest BCUT2D eigenvalue weighted by molar-refractivity contribution is 7.86. The van der Waals surface area contributed by atoms with E-state index < -0.39 is 10.1 Å². The lowest BCUT2D eigenvalue weighted by Gasteiger charge is -2.58. The zero-order valence-electron chi connectivity index (χ0n) is 14.0. The summed E-state index contributed by atoms with van der Waals surface area (Å²) in [6.07, 6.45) is 7.32. The van der Waals surface area contributed by atoms with E-state index in [1.807, 2.05) is 19.9 Å². The van der Waals surface area contributed by atoms with Crippen LogP contribution in [-0.4, -0.2) is 14.5 Å². The van der Waals surface area contributed by atoms with Crippen molar-refractivity contribution >= 4 is 10.1 Å². The number of hydrogen-bond acceptors (Lipinski definition) is 3. The standard InChI is InChI=1S/C19H26O3S/c1-13-4-3-5-18(6-13)23(20,21)22-14(2)19-10-15-7-16(11-19)9-17(8-15)12-19/h3-6,14-17H,7-12H2,1-2H3. The first kappa shape index (κ1) is 15.6. The van der Waals surface area contributed by atoms with Crippen LogP contribution >= 0.6 is 0 Å². The molecule has 3 nitrogen and oxygen atoms in total. The SMILES string of the molecule is Cc1cccc(S(=O)(=O)OC(C)C23CC4CC(CC(C4)C2)C3)c1. The monoisotopic (exact) mass is 334 g/mol. The van der Waals surface area contributed by atoms with Gasteiger partial charge in [-0.25, -0.2) is 0 Å². The van der Waals surface area contributed by atoms with Gasteiger partial charge in [0.25, 0.3) is 10.1 Å². The van der Waals surface area contributed by atoms with Gasteiger partial charge in [-0.15, -0.1) is 0 Å². The summed E-state index contributed by atoms with van der Waals surface area (Å²) in [5.41, 5.74) is 1.03. The second-order valence-electron chi connectivity index (χ2n) is 8.29. The van der Waals surface area contributed by atoms with E-state index in [9.17, 15) is 8.42 Å². The predicted octanol–water partition coefficient (Wildman–Crippen LogP) is 4.31. The zero-order valence-corrected chi connectivity index (χ0v) is 14.8. The molecule has 4 bridgehead atoms. The van der Waals surface area contributed by atoms with E-state index in [0.29, 0.717) is 0 Å². The molecule has 4 fully saturated rings. The molecule has 1 unspecified atom stereocenters. The van der Waals surface area contributed by atoms with Crippen LogP contribution in [0.5, 0.6) is 0 Å². The van der Waals surface area contributed by atoms with Crippen LogP contribution in [-0.2, 0) is 14.3 Å². The molecule has 4 aliphatic rings. The average Bonchev–Trinajstić information content (AvgIpc) is 2.45. The minimum atomic E-state index is -3.68. The Kier molecular flexibility index (Phi) is 3.62. The van der Waals surface area contributed by atoms with Crippen LogP contribution in [0.4, 0.5) is 0 Å². The van der Waals surface area contributed by atoms with Crippen molar-refractivity contribution in [2.45, 2.75) is 63.4 Å². The second-order valence-corrected chi connectivity index (χ2v) is 9.86. The Balaban J connectivity index is 1.57. The van der Waals surface area contributed by atoms with Crippen LogP contribution in [0, 0.1) is 30.1 Å². The quantitative estimate of drug-likeness (QED) is 0.771. The van der Waals surface area contributed by atoms with Gasteiger partial charge in [-0.2, -0.15) is 8.42 Å². The number of aryl methyl sites for hydroxylation is 1. The first-order valence-corrected chi connectivity index (χ1v) is 10.3. The van der Waals surface area contributed by atoms with Crippen molar-refractivity contribution in [3.05, 3.63) is 29.8 Å². The van der Waals surface area contributed by atoms with Crippen molar-refractivity contribution in [3.8, 4) is 0 Å². The molecule has 0 heterocycles. The predicted molar refractivity (Wildman–Crippen MR) is 89.5 cm³/mol. The van der Waals surface area contributed by atoms with Gasteiger partial charge in [0.2, 0.25) is 0 Å². The Morgan fingerprint density at radius 3 is 2.17 bits per heavy atom. The van der Waals surface area contributed by atoms with Crippen LogP contribution in [0.15, 0.2) is 29.2 Å². The maximum atomic E-state index is 12.7. The molecule has 0 saturated heterocycles. The minimum Gasteiger partial charge on any atom is -0.263 e. The lowest BCUT2D eigenvalue weighted by atomic mass is 9.48. The highest BCUT2D eigenvalue weighted by Crippen LogP contribution is 2.61. The third-order valence-electron chi connectivity index (χ3n) is 6.50. The first-order chi connectivity index (χ1) is 10.9. The molecule has 1 aromatic rings. The molecule has 1 aromatic carbocycles.